The number of aromatic nitrogens is 4. The predicted molar refractivity (Wildman–Crippen MR) is 105 cm³/mol. The van der Waals surface area contributed by atoms with Gasteiger partial charge in [-0.15, -0.1) is 5.10 Å². The summed E-state index contributed by atoms with van der Waals surface area (Å²) in [5.41, 5.74) is 2.92. The molecule has 9 heteroatoms. The molecule has 0 spiro atoms. The van der Waals surface area contributed by atoms with Crippen LogP contribution in [0, 0.1) is 5.82 Å². The molecule has 4 rings (SSSR count). The van der Waals surface area contributed by atoms with Gasteiger partial charge in [0.2, 0.25) is 11.4 Å². The van der Waals surface area contributed by atoms with Crippen LogP contribution in [0.25, 0.3) is 5.69 Å². The second kappa shape index (κ2) is 8.26. The molecular weight excluding hydrogens is 379 g/mol. The van der Waals surface area contributed by atoms with Crippen molar-refractivity contribution in [2.75, 3.05) is 31.3 Å². The van der Waals surface area contributed by atoms with Crippen molar-refractivity contribution in [3.63, 3.8) is 0 Å². The number of rotatable bonds is 6. The van der Waals surface area contributed by atoms with E-state index in [1.807, 2.05) is 14.1 Å². The number of tetrazole rings is 1. The zero-order valence-electron chi connectivity index (χ0n) is 15.7. The number of hydrogen-bond acceptors (Lipinski definition) is 6. The molecule has 2 N–H and O–H groups in total. The molecule has 0 amide bonds. The van der Waals surface area contributed by atoms with Gasteiger partial charge in [0, 0.05) is 31.1 Å². The van der Waals surface area contributed by atoms with Crippen molar-refractivity contribution >= 4 is 17.4 Å². The molecule has 1 saturated heterocycles. The number of nitrogens with zero attached hydrogens (tertiary/aromatic N) is 5. The summed E-state index contributed by atoms with van der Waals surface area (Å²) in [5, 5.41) is 14.6. The second-order valence-corrected chi connectivity index (χ2v) is 7.79. The molecule has 146 valence electrons. The predicted octanol–water partition coefficient (Wildman–Crippen LogP) is 1.62. The standard InChI is InChI=1S/C19H21FN6OS/c1-25(2)15-8-6-13(7-9-15)18-21-11-17(27-18)12-28-19-22-23-24-26(19)16-5-3-4-14(20)10-16/h3-10,17-18,21H,11-12H2,1-2H3/p+1/t17-,18+/m0/s1. The third kappa shape index (κ3) is 4.16. The van der Waals surface area contributed by atoms with E-state index in [1.54, 1.807) is 16.8 Å². The zero-order valence-corrected chi connectivity index (χ0v) is 16.5. The highest BCUT2D eigenvalue weighted by molar-refractivity contribution is 7.99. The molecular formula is C19H22FN6OS+. The highest BCUT2D eigenvalue weighted by Gasteiger charge is 2.30. The van der Waals surface area contributed by atoms with Crippen LogP contribution in [-0.4, -0.2) is 52.7 Å². The Morgan fingerprint density at radius 3 is 2.82 bits per heavy atom. The third-order valence-corrected chi connectivity index (χ3v) is 5.63. The van der Waals surface area contributed by atoms with E-state index in [4.69, 9.17) is 4.74 Å². The van der Waals surface area contributed by atoms with E-state index in [0.29, 0.717) is 10.8 Å². The van der Waals surface area contributed by atoms with Crippen molar-refractivity contribution in [3.05, 3.63) is 59.9 Å². The first-order chi connectivity index (χ1) is 13.6. The van der Waals surface area contributed by atoms with Crippen LogP contribution in [0.1, 0.15) is 11.8 Å². The van der Waals surface area contributed by atoms with E-state index in [1.165, 1.54) is 23.9 Å². The van der Waals surface area contributed by atoms with Crippen LogP contribution in [0.4, 0.5) is 10.1 Å². The summed E-state index contributed by atoms with van der Waals surface area (Å²) in [6.45, 7) is 0.870. The quantitative estimate of drug-likeness (QED) is 0.633. The summed E-state index contributed by atoms with van der Waals surface area (Å²) in [6.07, 6.45) is 0.0854. The molecule has 0 bridgehead atoms. The topological polar surface area (TPSA) is 72.7 Å². The lowest BCUT2D eigenvalue weighted by molar-refractivity contribution is -0.697. The fourth-order valence-corrected chi connectivity index (χ4v) is 3.99. The summed E-state index contributed by atoms with van der Waals surface area (Å²) < 4.78 is 21.2. The van der Waals surface area contributed by atoms with E-state index in [2.05, 4.69) is 50.0 Å². The molecule has 0 aliphatic carbocycles. The monoisotopic (exact) mass is 401 g/mol. The van der Waals surface area contributed by atoms with E-state index in [9.17, 15) is 4.39 Å². The second-order valence-electron chi connectivity index (χ2n) is 6.80. The lowest BCUT2D eigenvalue weighted by Gasteiger charge is -2.14. The number of halogens is 1. The van der Waals surface area contributed by atoms with Gasteiger partial charge in [-0.3, -0.25) is 0 Å². The van der Waals surface area contributed by atoms with E-state index < -0.39 is 0 Å². The van der Waals surface area contributed by atoms with E-state index in [0.717, 1.165) is 23.5 Å². The normalized spacial score (nSPS) is 19.1. The maximum absolute atomic E-state index is 13.5. The van der Waals surface area contributed by atoms with Gasteiger partial charge in [-0.25, -0.2) is 4.39 Å². The Morgan fingerprint density at radius 1 is 1.25 bits per heavy atom. The highest BCUT2D eigenvalue weighted by atomic mass is 32.2. The fraction of sp³-hybridized carbons (Fsp3) is 0.316. The zero-order chi connectivity index (χ0) is 19.5. The van der Waals surface area contributed by atoms with Gasteiger partial charge < -0.3 is 15.0 Å². The molecule has 2 aromatic carbocycles. The largest absolute Gasteiger partial charge is 0.378 e. The minimum atomic E-state index is -0.319. The summed E-state index contributed by atoms with van der Waals surface area (Å²) in [7, 11) is 4.05. The van der Waals surface area contributed by atoms with Gasteiger partial charge in [0.15, 0.2) is 0 Å². The first-order valence-electron chi connectivity index (χ1n) is 9.03. The molecule has 0 saturated carbocycles. The molecule has 7 nitrogen and oxygen atoms in total. The average molecular weight is 401 g/mol. The fourth-order valence-electron chi connectivity index (χ4n) is 3.08. The summed E-state index contributed by atoms with van der Waals surface area (Å²) in [4.78, 5) is 2.07. The van der Waals surface area contributed by atoms with Crippen molar-refractivity contribution < 1.29 is 14.4 Å². The van der Waals surface area contributed by atoms with E-state index >= 15 is 0 Å². The summed E-state index contributed by atoms with van der Waals surface area (Å²) >= 11 is 1.51. The highest BCUT2D eigenvalue weighted by Crippen LogP contribution is 2.24. The number of hydrogen-bond donors (Lipinski definition) is 1. The molecule has 3 aromatic rings. The minimum absolute atomic E-state index is 0.000950. The first-order valence-corrected chi connectivity index (χ1v) is 10.0. The third-order valence-electron chi connectivity index (χ3n) is 4.58. The van der Waals surface area contributed by atoms with Gasteiger partial charge in [0.25, 0.3) is 0 Å². The lowest BCUT2D eigenvalue weighted by Crippen LogP contribution is -2.82. The van der Waals surface area contributed by atoms with E-state index in [-0.39, 0.29) is 18.1 Å². The van der Waals surface area contributed by atoms with Gasteiger partial charge in [-0.05, 0) is 52.9 Å². The molecule has 1 aromatic heterocycles. The Labute approximate surface area is 166 Å². The van der Waals surface area contributed by atoms with Crippen molar-refractivity contribution in [1.82, 2.24) is 20.2 Å². The molecule has 2 atom stereocenters. The van der Waals surface area contributed by atoms with Gasteiger partial charge in [-0.2, -0.15) is 4.68 Å². The minimum Gasteiger partial charge on any atom is -0.378 e. The Hall–Kier alpha value is -2.49. The van der Waals surface area contributed by atoms with Crippen molar-refractivity contribution in [3.8, 4) is 5.69 Å². The van der Waals surface area contributed by atoms with Crippen LogP contribution in [0.15, 0.2) is 53.7 Å². The molecule has 0 radical (unpaired) electrons. The SMILES string of the molecule is CN(C)c1ccc([C@@H]2[NH2+]C[C@@H](CSc3nnnn3-c3cccc(F)c3)O2)cc1. The maximum Gasteiger partial charge on any atom is 0.217 e. The lowest BCUT2D eigenvalue weighted by atomic mass is 10.2. The number of benzene rings is 2. The van der Waals surface area contributed by atoms with Gasteiger partial charge in [0.05, 0.1) is 5.69 Å². The van der Waals surface area contributed by atoms with Crippen LogP contribution in [0.3, 0.4) is 0 Å². The number of thioether (sulfide) groups is 1. The van der Waals surface area contributed by atoms with Crippen LogP contribution in [0.2, 0.25) is 0 Å². The van der Waals surface area contributed by atoms with Gasteiger partial charge in [-0.1, -0.05) is 17.8 Å². The summed E-state index contributed by atoms with van der Waals surface area (Å²) in [5.74, 6) is 0.402. The number of nitrogens with two attached hydrogens (primary N) is 1. The van der Waals surface area contributed by atoms with Crippen molar-refractivity contribution in [2.24, 2.45) is 0 Å². The first kappa shape index (κ1) is 18.9. The number of quaternary nitrogens is 1. The molecule has 1 aliphatic heterocycles. The Bertz CT molecular complexity index is 932. The van der Waals surface area contributed by atoms with Crippen molar-refractivity contribution in [1.29, 1.82) is 0 Å². The average Bonchev–Trinajstić information content (AvgIpc) is 3.36. The molecule has 28 heavy (non-hydrogen) atoms. The van der Waals surface area contributed by atoms with Gasteiger partial charge >= 0.3 is 0 Å². The molecule has 1 aliphatic rings. The van der Waals surface area contributed by atoms with Crippen LogP contribution in [0.5, 0.6) is 0 Å². The maximum atomic E-state index is 13.5. The summed E-state index contributed by atoms with van der Waals surface area (Å²) in [6, 6.07) is 14.6. The Balaban J connectivity index is 1.36. The Kier molecular flexibility index (Phi) is 5.56. The Morgan fingerprint density at radius 2 is 2.07 bits per heavy atom. The number of ether oxygens (including phenoxy) is 1. The van der Waals surface area contributed by atoms with Gasteiger partial charge in [0.1, 0.15) is 18.5 Å². The molecule has 2 heterocycles. The number of anilines is 1. The van der Waals surface area contributed by atoms with Crippen LogP contribution >= 0.6 is 11.8 Å². The molecule has 0 unspecified atom stereocenters. The van der Waals surface area contributed by atoms with Crippen LogP contribution in [-0.2, 0) is 4.74 Å². The van der Waals surface area contributed by atoms with Crippen LogP contribution < -0.4 is 10.2 Å². The smallest absolute Gasteiger partial charge is 0.217 e. The van der Waals surface area contributed by atoms with Crippen molar-refractivity contribution in [2.45, 2.75) is 17.5 Å². The molecule has 1 fully saturated rings.